The third kappa shape index (κ3) is 6.02. The molecule has 1 aromatic rings. The molecule has 2 unspecified atom stereocenters. The first-order valence-electron chi connectivity index (χ1n) is 8.22. The van der Waals surface area contributed by atoms with E-state index in [-0.39, 0.29) is 24.3 Å². The lowest BCUT2D eigenvalue weighted by Crippen LogP contribution is -2.47. The summed E-state index contributed by atoms with van der Waals surface area (Å²) >= 11 is 0. The molecular formula is C18H28N2O3. The standard InChI is InChI=1S/C18H28N2O3/c1-5-14(6-2)16(21)11-19-17(22)13(4)20-18(23)15-9-7-8-12(3)10-15/h7-10,13-14,16,21H,5-6,11H2,1-4H3,(H,19,22)(H,20,23). The summed E-state index contributed by atoms with van der Waals surface area (Å²) in [4.78, 5) is 24.2. The molecule has 1 rings (SSSR count). The maximum absolute atomic E-state index is 12.1. The van der Waals surface area contributed by atoms with E-state index in [9.17, 15) is 14.7 Å². The van der Waals surface area contributed by atoms with Crippen molar-refractivity contribution in [3.8, 4) is 0 Å². The molecule has 0 heterocycles. The summed E-state index contributed by atoms with van der Waals surface area (Å²) in [6, 6.07) is 6.55. The molecule has 0 radical (unpaired) electrons. The third-order valence-corrected chi connectivity index (χ3v) is 4.10. The number of benzene rings is 1. The van der Waals surface area contributed by atoms with Crippen molar-refractivity contribution < 1.29 is 14.7 Å². The van der Waals surface area contributed by atoms with E-state index in [1.807, 2.05) is 26.8 Å². The van der Waals surface area contributed by atoms with E-state index in [0.29, 0.717) is 5.56 Å². The van der Waals surface area contributed by atoms with Crippen LogP contribution in [0, 0.1) is 12.8 Å². The number of carbonyl (C=O) groups excluding carboxylic acids is 2. The number of aliphatic hydroxyl groups excluding tert-OH is 1. The van der Waals surface area contributed by atoms with Gasteiger partial charge in [0.2, 0.25) is 5.91 Å². The number of amides is 2. The Balaban J connectivity index is 2.49. The highest BCUT2D eigenvalue weighted by atomic mass is 16.3. The molecule has 0 spiro atoms. The predicted octanol–water partition coefficient (Wildman–Crippen LogP) is 2.03. The number of hydrogen-bond donors (Lipinski definition) is 3. The Kier molecular flexibility index (Phi) is 7.75. The average Bonchev–Trinajstić information content (AvgIpc) is 2.53. The molecule has 0 fully saturated rings. The monoisotopic (exact) mass is 320 g/mol. The van der Waals surface area contributed by atoms with Crippen LogP contribution in [0.1, 0.15) is 49.5 Å². The summed E-state index contributed by atoms with van der Waals surface area (Å²) in [5.41, 5.74) is 1.52. The Labute approximate surface area is 138 Å². The molecule has 0 aromatic heterocycles. The number of carbonyl (C=O) groups is 2. The lowest BCUT2D eigenvalue weighted by atomic mass is 9.96. The molecule has 0 saturated heterocycles. The van der Waals surface area contributed by atoms with Crippen molar-refractivity contribution in [2.75, 3.05) is 6.54 Å². The molecule has 1 aromatic carbocycles. The Hall–Kier alpha value is -1.88. The molecule has 0 saturated carbocycles. The van der Waals surface area contributed by atoms with Crippen LogP contribution in [-0.4, -0.2) is 35.6 Å². The number of rotatable bonds is 8. The molecule has 0 aliphatic carbocycles. The van der Waals surface area contributed by atoms with Crippen molar-refractivity contribution in [2.24, 2.45) is 5.92 Å². The van der Waals surface area contributed by atoms with Gasteiger partial charge in [-0.3, -0.25) is 9.59 Å². The highest BCUT2D eigenvalue weighted by molar-refractivity contribution is 5.97. The predicted molar refractivity (Wildman–Crippen MR) is 91.2 cm³/mol. The fraction of sp³-hybridized carbons (Fsp3) is 0.556. The first-order chi connectivity index (χ1) is 10.9. The van der Waals surface area contributed by atoms with Crippen molar-refractivity contribution in [3.63, 3.8) is 0 Å². The van der Waals surface area contributed by atoms with Gasteiger partial charge in [0.25, 0.3) is 5.91 Å². The van der Waals surface area contributed by atoms with Gasteiger partial charge in [0.1, 0.15) is 6.04 Å². The molecule has 2 atom stereocenters. The van der Waals surface area contributed by atoms with Crippen LogP contribution < -0.4 is 10.6 Å². The van der Waals surface area contributed by atoms with Gasteiger partial charge in [-0.1, -0.05) is 44.4 Å². The van der Waals surface area contributed by atoms with Gasteiger partial charge in [-0.25, -0.2) is 0 Å². The average molecular weight is 320 g/mol. The third-order valence-electron chi connectivity index (χ3n) is 4.10. The quantitative estimate of drug-likeness (QED) is 0.686. The zero-order valence-electron chi connectivity index (χ0n) is 14.4. The molecule has 3 N–H and O–H groups in total. The smallest absolute Gasteiger partial charge is 0.251 e. The van der Waals surface area contributed by atoms with Crippen LogP contribution in [0.2, 0.25) is 0 Å². The van der Waals surface area contributed by atoms with E-state index >= 15 is 0 Å². The summed E-state index contributed by atoms with van der Waals surface area (Å²) in [6.45, 7) is 7.78. The van der Waals surface area contributed by atoms with Crippen molar-refractivity contribution in [1.82, 2.24) is 10.6 Å². The normalized spacial score (nSPS) is 13.5. The lowest BCUT2D eigenvalue weighted by Gasteiger charge is -2.21. The van der Waals surface area contributed by atoms with Crippen molar-refractivity contribution in [3.05, 3.63) is 35.4 Å². The zero-order valence-corrected chi connectivity index (χ0v) is 14.4. The van der Waals surface area contributed by atoms with Gasteiger partial charge < -0.3 is 15.7 Å². The Morgan fingerprint density at radius 1 is 1.22 bits per heavy atom. The molecular weight excluding hydrogens is 292 g/mol. The van der Waals surface area contributed by atoms with Gasteiger partial charge in [-0.05, 0) is 31.9 Å². The van der Waals surface area contributed by atoms with E-state index < -0.39 is 12.1 Å². The van der Waals surface area contributed by atoms with E-state index in [1.54, 1.807) is 25.1 Å². The van der Waals surface area contributed by atoms with E-state index in [0.717, 1.165) is 18.4 Å². The second-order valence-corrected chi connectivity index (χ2v) is 5.95. The van der Waals surface area contributed by atoms with Crippen molar-refractivity contribution in [1.29, 1.82) is 0 Å². The Morgan fingerprint density at radius 3 is 2.43 bits per heavy atom. The Bertz CT molecular complexity index is 527. The second-order valence-electron chi connectivity index (χ2n) is 5.95. The van der Waals surface area contributed by atoms with E-state index in [4.69, 9.17) is 0 Å². The minimum Gasteiger partial charge on any atom is -0.391 e. The summed E-state index contributed by atoms with van der Waals surface area (Å²) in [5, 5.41) is 15.4. The molecule has 128 valence electrons. The second kappa shape index (κ2) is 9.30. The minimum absolute atomic E-state index is 0.174. The van der Waals surface area contributed by atoms with Gasteiger partial charge in [0, 0.05) is 12.1 Å². The maximum Gasteiger partial charge on any atom is 0.251 e. The molecule has 0 aliphatic rings. The summed E-state index contributed by atoms with van der Waals surface area (Å²) in [7, 11) is 0. The maximum atomic E-state index is 12.1. The molecule has 23 heavy (non-hydrogen) atoms. The lowest BCUT2D eigenvalue weighted by molar-refractivity contribution is -0.123. The van der Waals surface area contributed by atoms with Crippen LogP contribution in [0.3, 0.4) is 0 Å². The van der Waals surface area contributed by atoms with Gasteiger partial charge in [-0.2, -0.15) is 0 Å². The van der Waals surface area contributed by atoms with Crippen molar-refractivity contribution >= 4 is 11.8 Å². The topological polar surface area (TPSA) is 78.4 Å². The fourth-order valence-electron chi connectivity index (χ4n) is 2.49. The molecule has 5 heteroatoms. The van der Waals surface area contributed by atoms with Crippen LogP contribution in [0.4, 0.5) is 0 Å². The van der Waals surface area contributed by atoms with Crippen LogP contribution in [0.5, 0.6) is 0 Å². The largest absolute Gasteiger partial charge is 0.391 e. The summed E-state index contributed by atoms with van der Waals surface area (Å²) < 4.78 is 0. The summed E-state index contributed by atoms with van der Waals surface area (Å²) in [5.74, 6) is -0.402. The fourth-order valence-corrected chi connectivity index (χ4v) is 2.49. The first-order valence-corrected chi connectivity index (χ1v) is 8.22. The van der Waals surface area contributed by atoms with Crippen LogP contribution in [0.25, 0.3) is 0 Å². The van der Waals surface area contributed by atoms with Gasteiger partial charge in [0.05, 0.1) is 6.10 Å². The first kappa shape index (κ1) is 19.2. The van der Waals surface area contributed by atoms with E-state index in [2.05, 4.69) is 10.6 Å². The van der Waals surface area contributed by atoms with Gasteiger partial charge in [-0.15, -0.1) is 0 Å². The van der Waals surface area contributed by atoms with Gasteiger partial charge >= 0.3 is 0 Å². The van der Waals surface area contributed by atoms with Crippen LogP contribution in [0.15, 0.2) is 24.3 Å². The Morgan fingerprint density at radius 2 is 1.87 bits per heavy atom. The number of nitrogens with one attached hydrogen (secondary N) is 2. The summed E-state index contributed by atoms with van der Waals surface area (Å²) in [6.07, 6.45) is 1.18. The van der Waals surface area contributed by atoms with Crippen LogP contribution in [-0.2, 0) is 4.79 Å². The highest BCUT2D eigenvalue weighted by Crippen LogP contribution is 2.12. The molecule has 0 bridgehead atoms. The van der Waals surface area contributed by atoms with Crippen LogP contribution >= 0.6 is 0 Å². The molecule has 0 aliphatic heterocycles. The molecule has 5 nitrogen and oxygen atoms in total. The molecule has 2 amide bonds. The van der Waals surface area contributed by atoms with Gasteiger partial charge in [0.15, 0.2) is 0 Å². The number of hydrogen-bond acceptors (Lipinski definition) is 3. The number of aliphatic hydroxyl groups is 1. The highest BCUT2D eigenvalue weighted by Gasteiger charge is 2.20. The minimum atomic E-state index is -0.656. The zero-order chi connectivity index (χ0) is 17.4. The van der Waals surface area contributed by atoms with Crippen molar-refractivity contribution in [2.45, 2.75) is 52.7 Å². The van der Waals surface area contributed by atoms with E-state index in [1.165, 1.54) is 0 Å². The number of aryl methyl sites for hydroxylation is 1. The SMILES string of the molecule is CCC(CC)C(O)CNC(=O)C(C)NC(=O)c1cccc(C)c1.